The van der Waals surface area contributed by atoms with E-state index in [1.807, 2.05) is 19.1 Å². The smallest absolute Gasteiger partial charge is 0.413 e. The van der Waals surface area contributed by atoms with Crippen LogP contribution in [0.2, 0.25) is 0 Å². The largest absolute Gasteiger partial charge is 0.530 e. The van der Waals surface area contributed by atoms with E-state index in [0.717, 1.165) is 0 Å². The molecule has 0 aliphatic heterocycles. The standard InChI is InChI=1S/C38H28O11P2.C5H8/c1-27(22-23-39)44-50(45-33-17-7-2-12-28(33)24-40)48-36-20-10-5-15-31(36)38(43)32-16-6-11-21-37(32)49-51(46-34-18-8-3-13-29(34)25-41)47-35-19-9-4-14-30(35)26-42;1-3-5-4-2/h2-21,23-26H,1,22H2;3-5H,1H2,2H3/b;5-4-. The molecule has 1 atom stereocenters. The maximum absolute atomic E-state index is 14.2. The lowest BCUT2D eigenvalue weighted by Crippen LogP contribution is -2.10. The van der Waals surface area contributed by atoms with Crippen molar-refractivity contribution in [2.45, 2.75) is 13.3 Å². The van der Waals surface area contributed by atoms with Gasteiger partial charge in [-0.15, -0.1) is 0 Å². The summed E-state index contributed by atoms with van der Waals surface area (Å²) in [5.41, 5.74) is 0.846. The normalized spacial score (nSPS) is 10.8. The zero-order chi connectivity index (χ0) is 40.1. The van der Waals surface area contributed by atoms with Gasteiger partial charge in [-0.2, -0.15) is 0 Å². The van der Waals surface area contributed by atoms with Crippen molar-refractivity contribution in [3.05, 3.63) is 186 Å². The Bertz CT molecular complexity index is 2130. The molecule has 0 aliphatic rings. The van der Waals surface area contributed by atoms with E-state index < -0.39 is 23.0 Å². The van der Waals surface area contributed by atoms with Crippen LogP contribution >= 0.6 is 17.2 Å². The molecule has 0 heterocycles. The highest BCUT2D eigenvalue weighted by Crippen LogP contribution is 2.47. The Hall–Kier alpha value is -6.67. The second-order valence-corrected chi connectivity index (χ2v) is 12.9. The van der Waals surface area contributed by atoms with Crippen molar-refractivity contribution < 1.29 is 51.1 Å². The highest BCUT2D eigenvalue weighted by Gasteiger charge is 2.28. The van der Waals surface area contributed by atoms with Crippen molar-refractivity contribution in [2.24, 2.45) is 0 Å². The van der Waals surface area contributed by atoms with Crippen molar-refractivity contribution in [1.29, 1.82) is 0 Å². The highest BCUT2D eigenvalue weighted by atomic mass is 31.2. The monoisotopic (exact) mass is 790 g/mol. The molecule has 0 aromatic heterocycles. The molecule has 5 aromatic carbocycles. The van der Waals surface area contributed by atoms with Crippen LogP contribution in [0.3, 0.4) is 0 Å². The van der Waals surface area contributed by atoms with Crippen molar-refractivity contribution >= 4 is 48.1 Å². The number of ketones is 1. The van der Waals surface area contributed by atoms with Gasteiger partial charge in [0.1, 0.15) is 40.8 Å². The Morgan fingerprint density at radius 2 is 0.911 bits per heavy atom. The topological polar surface area (TPSA) is 141 Å². The Morgan fingerprint density at radius 1 is 0.554 bits per heavy atom. The lowest BCUT2D eigenvalue weighted by Gasteiger charge is -2.21. The van der Waals surface area contributed by atoms with Crippen LogP contribution in [0.25, 0.3) is 0 Å². The van der Waals surface area contributed by atoms with E-state index in [9.17, 15) is 24.0 Å². The minimum Gasteiger partial charge on any atom is -0.413 e. The summed E-state index contributed by atoms with van der Waals surface area (Å²) >= 11 is 0. The minimum absolute atomic E-state index is 0.0444. The molecule has 0 amide bonds. The third kappa shape index (κ3) is 12.2. The number of rotatable bonds is 20. The molecule has 5 aromatic rings. The molecule has 0 spiro atoms. The van der Waals surface area contributed by atoms with Crippen molar-refractivity contribution in [3.63, 3.8) is 0 Å². The second kappa shape index (κ2) is 22.5. The Balaban J connectivity index is 0.00000131. The SMILES string of the molecule is C=C(CC=O)OP(Oc1ccccc1C=O)Oc1ccccc1C(=O)c1ccccc1OP(Oc1ccccc1C=O)Oc1ccccc1C=O.C=C/C=C\C. The average molecular weight is 791 g/mol. The average Bonchev–Trinajstić information content (AvgIpc) is 3.22. The molecule has 0 saturated carbocycles. The van der Waals surface area contributed by atoms with Crippen LogP contribution < -0.4 is 22.6 Å². The zero-order valence-electron chi connectivity index (χ0n) is 30.1. The number of para-hydroxylation sites is 5. The number of benzene rings is 5. The number of carbonyl (C=O) groups excluding carboxylic acids is 5. The van der Waals surface area contributed by atoms with Gasteiger partial charge in [-0.3, -0.25) is 19.2 Å². The van der Waals surface area contributed by atoms with Crippen molar-refractivity contribution in [2.75, 3.05) is 0 Å². The fourth-order valence-electron chi connectivity index (χ4n) is 4.48. The summed E-state index contributed by atoms with van der Waals surface area (Å²) in [5, 5.41) is 0. The second-order valence-electron chi connectivity index (χ2n) is 11.0. The van der Waals surface area contributed by atoms with E-state index in [2.05, 4.69) is 13.2 Å². The van der Waals surface area contributed by atoms with Gasteiger partial charge in [-0.05, 0) is 67.6 Å². The predicted octanol–water partition coefficient (Wildman–Crippen LogP) is 10.7. The number of hydrogen-bond donors (Lipinski definition) is 0. The number of carbonyl (C=O) groups is 5. The van der Waals surface area contributed by atoms with Crippen molar-refractivity contribution in [1.82, 2.24) is 0 Å². The zero-order valence-corrected chi connectivity index (χ0v) is 31.9. The molecule has 1 unspecified atom stereocenters. The van der Waals surface area contributed by atoms with Gasteiger partial charge in [0.25, 0.3) is 0 Å². The lowest BCUT2D eigenvalue weighted by atomic mass is 10.0. The van der Waals surface area contributed by atoms with Crippen LogP contribution in [-0.2, 0) is 9.32 Å². The maximum Gasteiger partial charge on any atom is 0.530 e. The first-order valence-corrected chi connectivity index (χ1v) is 18.9. The summed E-state index contributed by atoms with van der Waals surface area (Å²) in [6, 6.07) is 31.9. The quantitative estimate of drug-likeness (QED) is 0.0244. The van der Waals surface area contributed by atoms with Crippen LogP contribution in [0.1, 0.15) is 60.3 Å². The van der Waals surface area contributed by atoms with Gasteiger partial charge in [0.05, 0.1) is 34.2 Å². The molecule has 0 N–H and O–H groups in total. The number of aldehydes is 4. The fraction of sp³-hybridized carbons (Fsp3) is 0.0465. The molecular formula is C43H36O11P2. The van der Waals surface area contributed by atoms with Crippen LogP contribution in [0, 0.1) is 0 Å². The molecular weight excluding hydrogens is 754 g/mol. The summed E-state index contributed by atoms with van der Waals surface area (Å²) < 4.78 is 36.0. The first kappa shape index (κ1) is 42.1. The molecule has 0 fully saturated rings. The highest BCUT2D eigenvalue weighted by molar-refractivity contribution is 7.43. The van der Waals surface area contributed by atoms with Gasteiger partial charge in [0.2, 0.25) is 5.78 Å². The number of allylic oxidation sites excluding steroid dienone is 4. The lowest BCUT2D eigenvalue weighted by molar-refractivity contribution is -0.107. The molecule has 13 heteroatoms. The van der Waals surface area contributed by atoms with Gasteiger partial charge in [0.15, 0.2) is 18.9 Å². The van der Waals surface area contributed by atoms with E-state index in [1.165, 1.54) is 24.3 Å². The molecule has 0 radical (unpaired) electrons. The molecule has 0 saturated heterocycles. The van der Waals surface area contributed by atoms with E-state index in [-0.39, 0.29) is 68.7 Å². The van der Waals surface area contributed by atoms with E-state index >= 15 is 0 Å². The van der Waals surface area contributed by atoms with E-state index in [4.69, 9.17) is 27.1 Å². The third-order valence-electron chi connectivity index (χ3n) is 7.11. The first-order chi connectivity index (χ1) is 27.3. The molecule has 56 heavy (non-hydrogen) atoms. The van der Waals surface area contributed by atoms with Crippen LogP contribution in [-0.4, -0.2) is 30.9 Å². The third-order valence-corrected chi connectivity index (χ3v) is 9.25. The Morgan fingerprint density at radius 3 is 1.29 bits per heavy atom. The molecule has 0 bridgehead atoms. The Kier molecular flexibility index (Phi) is 16.9. The summed E-state index contributed by atoms with van der Waals surface area (Å²) in [6.07, 6.45) is 7.87. The number of hydrogen-bond acceptors (Lipinski definition) is 11. The van der Waals surface area contributed by atoms with Gasteiger partial charge < -0.3 is 31.9 Å². The minimum atomic E-state index is -2.42. The summed E-state index contributed by atoms with van der Waals surface area (Å²) in [4.78, 5) is 60.5. The molecule has 11 nitrogen and oxygen atoms in total. The fourth-order valence-corrected chi connectivity index (χ4v) is 6.61. The summed E-state index contributed by atoms with van der Waals surface area (Å²) in [5.74, 6) is 0.0947. The van der Waals surface area contributed by atoms with Gasteiger partial charge in [0, 0.05) is 0 Å². The predicted molar refractivity (Wildman–Crippen MR) is 215 cm³/mol. The molecule has 0 aliphatic carbocycles. The maximum atomic E-state index is 14.2. The van der Waals surface area contributed by atoms with Gasteiger partial charge in [-0.1, -0.05) is 92.0 Å². The van der Waals surface area contributed by atoms with Gasteiger partial charge >= 0.3 is 17.2 Å². The van der Waals surface area contributed by atoms with Gasteiger partial charge in [-0.25, -0.2) is 0 Å². The van der Waals surface area contributed by atoms with E-state index in [0.29, 0.717) is 25.1 Å². The van der Waals surface area contributed by atoms with Crippen LogP contribution in [0.4, 0.5) is 0 Å². The van der Waals surface area contributed by atoms with Crippen LogP contribution in [0.15, 0.2) is 158 Å². The van der Waals surface area contributed by atoms with Crippen LogP contribution in [0.5, 0.6) is 28.7 Å². The first-order valence-electron chi connectivity index (χ1n) is 16.7. The molecule has 284 valence electrons. The summed E-state index contributed by atoms with van der Waals surface area (Å²) in [7, 11) is -4.80. The summed E-state index contributed by atoms with van der Waals surface area (Å²) in [6.45, 7) is 9.15. The van der Waals surface area contributed by atoms with Crippen molar-refractivity contribution in [3.8, 4) is 28.7 Å². The Labute approximate surface area is 326 Å². The van der Waals surface area contributed by atoms with E-state index in [1.54, 1.807) is 103 Å². The molecule has 5 rings (SSSR count).